The highest BCUT2D eigenvalue weighted by Gasteiger charge is 2.19. The van der Waals surface area contributed by atoms with Gasteiger partial charge in [0.1, 0.15) is 0 Å². The maximum atomic E-state index is 12.3. The summed E-state index contributed by atoms with van der Waals surface area (Å²) < 4.78 is 10.4. The normalized spacial score (nSPS) is 12.1. The van der Waals surface area contributed by atoms with Crippen LogP contribution in [-0.2, 0) is 16.0 Å². The van der Waals surface area contributed by atoms with Gasteiger partial charge in [-0.25, -0.2) is 0 Å². The van der Waals surface area contributed by atoms with E-state index in [0.29, 0.717) is 22.7 Å². The second-order valence-corrected chi connectivity index (χ2v) is 6.14. The summed E-state index contributed by atoms with van der Waals surface area (Å²) in [6.45, 7) is 0. The molecule has 0 bridgehead atoms. The van der Waals surface area contributed by atoms with Gasteiger partial charge in [-0.3, -0.25) is 14.4 Å². The molecule has 27 heavy (non-hydrogen) atoms. The first-order valence-electron chi connectivity index (χ1n) is 8.48. The summed E-state index contributed by atoms with van der Waals surface area (Å²) >= 11 is 0. The number of rotatable bonds is 7. The van der Waals surface area contributed by atoms with Crippen molar-refractivity contribution in [2.45, 2.75) is 19.3 Å². The zero-order chi connectivity index (χ0) is 19.4. The van der Waals surface area contributed by atoms with Crippen LogP contribution in [0.4, 0.5) is 11.4 Å². The molecule has 2 aromatic rings. The molecule has 0 aliphatic carbocycles. The summed E-state index contributed by atoms with van der Waals surface area (Å²) in [5, 5.41) is 5.47. The Balaban J connectivity index is 1.57. The lowest BCUT2D eigenvalue weighted by molar-refractivity contribution is -0.116. The predicted octanol–water partition coefficient (Wildman–Crippen LogP) is 2.80. The standard InChI is InChI=1S/C20H20N2O5/c1-26-17-7-4-14(11-18(17)27-2)21-19(24)8-6-16(23)12-3-5-15-13(9-12)10-20(25)22-15/h3-5,7,9,11H,6,8,10H2,1-2H3,(H,21,24)(H,22,25). The molecule has 2 amide bonds. The van der Waals surface area contributed by atoms with Crippen LogP contribution in [0.3, 0.4) is 0 Å². The van der Waals surface area contributed by atoms with E-state index >= 15 is 0 Å². The summed E-state index contributed by atoms with van der Waals surface area (Å²) in [6, 6.07) is 10.1. The Hall–Kier alpha value is -3.35. The van der Waals surface area contributed by atoms with Crippen LogP contribution < -0.4 is 20.1 Å². The number of ether oxygens (including phenoxy) is 2. The third-order valence-corrected chi connectivity index (χ3v) is 4.30. The van der Waals surface area contributed by atoms with Gasteiger partial charge in [0.2, 0.25) is 11.8 Å². The summed E-state index contributed by atoms with van der Waals surface area (Å²) in [5.74, 6) is 0.583. The molecular formula is C20H20N2O5. The number of amides is 2. The Bertz CT molecular complexity index is 907. The Labute approximate surface area is 156 Å². The molecular weight excluding hydrogens is 348 g/mol. The van der Waals surface area contributed by atoms with E-state index in [1.807, 2.05) is 0 Å². The van der Waals surface area contributed by atoms with Crippen LogP contribution in [-0.4, -0.2) is 31.8 Å². The highest BCUT2D eigenvalue weighted by Crippen LogP contribution is 2.30. The van der Waals surface area contributed by atoms with Crippen molar-refractivity contribution in [2.24, 2.45) is 0 Å². The summed E-state index contributed by atoms with van der Waals surface area (Å²) in [4.78, 5) is 35.9. The molecule has 2 N–H and O–H groups in total. The number of hydrogen-bond acceptors (Lipinski definition) is 5. The molecule has 7 heteroatoms. The minimum atomic E-state index is -0.270. The fourth-order valence-corrected chi connectivity index (χ4v) is 2.91. The summed E-state index contributed by atoms with van der Waals surface area (Å²) in [6.07, 6.45) is 0.414. The molecule has 0 saturated heterocycles. The molecule has 1 aliphatic rings. The van der Waals surface area contributed by atoms with E-state index in [9.17, 15) is 14.4 Å². The van der Waals surface area contributed by atoms with E-state index in [1.54, 1.807) is 36.4 Å². The summed E-state index contributed by atoms with van der Waals surface area (Å²) in [7, 11) is 3.05. The van der Waals surface area contributed by atoms with Gasteiger partial charge in [0.05, 0.1) is 20.6 Å². The average Bonchev–Trinajstić information content (AvgIpc) is 3.05. The van der Waals surface area contributed by atoms with Crippen molar-refractivity contribution in [2.75, 3.05) is 24.9 Å². The van der Waals surface area contributed by atoms with Gasteiger partial charge in [0.25, 0.3) is 0 Å². The van der Waals surface area contributed by atoms with Crippen molar-refractivity contribution in [1.82, 2.24) is 0 Å². The van der Waals surface area contributed by atoms with Gasteiger partial charge in [-0.15, -0.1) is 0 Å². The monoisotopic (exact) mass is 368 g/mol. The molecule has 0 unspecified atom stereocenters. The molecule has 0 fully saturated rings. The molecule has 140 valence electrons. The van der Waals surface area contributed by atoms with Crippen LogP contribution in [0, 0.1) is 0 Å². The molecule has 3 rings (SSSR count). The number of Topliss-reactive ketones (excluding diaryl/α,β-unsaturated/α-hetero) is 1. The maximum absolute atomic E-state index is 12.3. The minimum absolute atomic E-state index is 0.0570. The molecule has 2 aromatic carbocycles. The van der Waals surface area contributed by atoms with E-state index < -0.39 is 0 Å². The number of hydrogen-bond donors (Lipinski definition) is 2. The number of ketones is 1. The van der Waals surface area contributed by atoms with E-state index in [-0.39, 0.29) is 36.9 Å². The number of methoxy groups -OCH3 is 2. The maximum Gasteiger partial charge on any atom is 0.228 e. The second kappa shape index (κ2) is 7.90. The largest absolute Gasteiger partial charge is 0.493 e. The molecule has 7 nitrogen and oxygen atoms in total. The first kappa shape index (κ1) is 18.4. The molecule has 1 aliphatic heterocycles. The smallest absolute Gasteiger partial charge is 0.228 e. The zero-order valence-electron chi connectivity index (χ0n) is 15.1. The Morgan fingerprint density at radius 1 is 1.04 bits per heavy atom. The van der Waals surface area contributed by atoms with Crippen LogP contribution in [0.2, 0.25) is 0 Å². The Morgan fingerprint density at radius 3 is 2.56 bits per heavy atom. The van der Waals surface area contributed by atoms with Crippen LogP contribution in [0.15, 0.2) is 36.4 Å². The van der Waals surface area contributed by atoms with Crippen molar-refractivity contribution in [1.29, 1.82) is 0 Å². The molecule has 1 heterocycles. The SMILES string of the molecule is COc1ccc(NC(=O)CCC(=O)c2ccc3c(c2)CC(=O)N3)cc1OC. The van der Waals surface area contributed by atoms with Crippen LogP contribution in [0.25, 0.3) is 0 Å². The number of benzene rings is 2. The molecule has 0 aromatic heterocycles. The number of anilines is 2. The fourth-order valence-electron chi connectivity index (χ4n) is 2.91. The highest BCUT2D eigenvalue weighted by molar-refractivity contribution is 6.03. The highest BCUT2D eigenvalue weighted by atomic mass is 16.5. The molecule has 0 atom stereocenters. The third kappa shape index (κ3) is 4.25. The second-order valence-electron chi connectivity index (χ2n) is 6.14. The number of nitrogens with one attached hydrogen (secondary N) is 2. The van der Waals surface area contributed by atoms with Crippen LogP contribution in [0.5, 0.6) is 11.5 Å². The van der Waals surface area contributed by atoms with Gasteiger partial charge in [-0.05, 0) is 35.9 Å². The predicted molar refractivity (Wildman–Crippen MR) is 101 cm³/mol. The van der Waals surface area contributed by atoms with Gasteiger partial charge < -0.3 is 20.1 Å². The van der Waals surface area contributed by atoms with E-state index in [4.69, 9.17) is 9.47 Å². The lowest BCUT2D eigenvalue weighted by Gasteiger charge is -2.10. The Morgan fingerprint density at radius 2 is 1.81 bits per heavy atom. The molecule has 0 saturated carbocycles. The van der Waals surface area contributed by atoms with E-state index in [2.05, 4.69) is 10.6 Å². The quantitative estimate of drug-likeness (QED) is 0.733. The van der Waals surface area contributed by atoms with Crippen LogP contribution in [0.1, 0.15) is 28.8 Å². The fraction of sp³-hybridized carbons (Fsp3) is 0.250. The first-order valence-corrected chi connectivity index (χ1v) is 8.48. The van der Waals surface area contributed by atoms with Gasteiger partial charge in [0, 0.05) is 35.8 Å². The van der Waals surface area contributed by atoms with Crippen molar-refractivity contribution < 1.29 is 23.9 Å². The third-order valence-electron chi connectivity index (χ3n) is 4.30. The van der Waals surface area contributed by atoms with Gasteiger partial charge in [-0.1, -0.05) is 0 Å². The number of carbonyl (C=O) groups excluding carboxylic acids is 3. The lowest BCUT2D eigenvalue weighted by atomic mass is 10.0. The Kier molecular flexibility index (Phi) is 5.40. The topological polar surface area (TPSA) is 93.7 Å². The zero-order valence-corrected chi connectivity index (χ0v) is 15.1. The minimum Gasteiger partial charge on any atom is -0.493 e. The van der Waals surface area contributed by atoms with Gasteiger partial charge in [-0.2, -0.15) is 0 Å². The van der Waals surface area contributed by atoms with Crippen molar-refractivity contribution in [3.05, 3.63) is 47.5 Å². The van der Waals surface area contributed by atoms with Crippen molar-refractivity contribution in [3.63, 3.8) is 0 Å². The molecule has 0 radical (unpaired) electrons. The van der Waals surface area contributed by atoms with E-state index in [0.717, 1.165) is 11.3 Å². The van der Waals surface area contributed by atoms with Gasteiger partial charge >= 0.3 is 0 Å². The van der Waals surface area contributed by atoms with Crippen LogP contribution >= 0.6 is 0 Å². The van der Waals surface area contributed by atoms with Crippen molar-refractivity contribution in [3.8, 4) is 11.5 Å². The average molecular weight is 368 g/mol. The van der Waals surface area contributed by atoms with Crippen molar-refractivity contribution >= 4 is 29.0 Å². The van der Waals surface area contributed by atoms with Gasteiger partial charge in [0.15, 0.2) is 17.3 Å². The molecule has 0 spiro atoms. The number of fused-ring (bicyclic) bond motifs is 1. The summed E-state index contributed by atoms with van der Waals surface area (Å²) in [5.41, 5.74) is 2.61. The lowest BCUT2D eigenvalue weighted by Crippen LogP contribution is -2.13. The van der Waals surface area contributed by atoms with E-state index in [1.165, 1.54) is 14.2 Å². The number of carbonyl (C=O) groups is 3. The first-order chi connectivity index (χ1) is 13.0.